The van der Waals surface area contributed by atoms with Gasteiger partial charge in [-0.3, -0.25) is 9.48 Å². The summed E-state index contributed by atoms with van der Waals surface area (Å²) < 4.78 is 7.43. The van der Waals surface area contributed by atoms with E-state index in [4.69, 9.17) is 4.74 Å². The molecule has 0 saturated heterocycles. The Morgan fingerprint density at radius 2 is 2.00 bits per heavy atom. The Morgan fingerprint density at radius 3 is 2.74 bits per heavy atom. The van der Waals surface area contributed by atoms with Crippen LogP contribution in [0.3, 0.4) is 0 Å². The third-order valence-electron chi connectivity index (χ3n) is 4.31. The fourth-order valence-electron chi connectivity index (χ4n) is 2.91. The minimum absolute atomic E-state index is 0.00396. The zero-order chi connectivity index (χ0) is 19.2. The van der Waals surface area contributed by atoms with Crippen LogP contribution in [0.15, 0.2) is 36.4 Å². The van der Waals surface area contributed by atoms with E-state index in [1.807, 2.05) is 41.1 Å². The number of carbonyl (C=O) groups excluding carboxylic acids is 2. The smallest absolute Gasteiger partial charge is 0.319 e. The fourth-order valence-corrected chi connectivity index (χ4v) is 2.91. The molecule has 0 fully saturated rings. The summed E-state index contributed by atoms with van der Waals surface area (Å²) in [4.78, 5) is 27.4. The highest BCUT2D eigenvalue weighted by atomic mass is 16.5. The lowest BCUT2D eigenvalue weighted by Gasteiger charge is -2.29. The molecule has 1 aliphatic rings. The standard InChI is InChI=1S/C19H25N5O3/c1-22(2)19(26)23-9-10-24-16(14-23)12-15(21-24)13-20-18(25)8-11-27-17-6-4-3-5-7-17/h3-7,12H,8-11,13-14H2,1-2H3,(H,20,25). The lowest BCUT2D eigenvalue weighted by atomic mass is 10.3. The van der Waals surface area contributed by atoms with E-state index in [0.29, 0.717) is 32.8 Å². The Morgan fingerprint density at radius 1 is 1.22 bits per heavy atom. The van der Waals surface area contributed by atoms with E-state index < -0.39 is 0 Å². The van der Waals surface area contributed by atoms with Gasteiger partial charge in [0.25, 0.3) is 0 Å². The number of fused-ring (bicyclic) bond motifs is 1. The van der Waals surface area contributed by atoms with E-state index in [-0.39, 0.29) is 18.4 Å². The Hall–Kier alpha value is -3.03. The van der Waals surface area contributed by atoms with Crippen LogP contribution in [-0.4, -0.2) is 58.8 Å². The number of amides is 3. The van der Waals surface area contributed by atoms with Crippen LogP contribution in [0.2, 0.25) is 0 Å². The summed E-state index contributed by atoms with van der Waals surface area (Å²) >= 11 is 0. The highest BCUT2D eigenvalue weighted by Gasteiger charge is 2.23. The molecule has 3 rings (SSSR count). The lowest BCUT2D eigenvalue weighted by molar-refractivity contribution is -0.121. The number of ether oxygens (including phenoxy) is 1. The molecule has 8 heteroatoms. The fraction of sp³-hybridized carbons (Fsp3) is 0.421. The highest BCUT2D eigenvalue weighted by Crippen LogP contribution is 2.15. The number of nitrogens with zero attached hydrogens (tertiary/aromatic N) is 4. The quantitative estimate of drug-likeness (QED) is 0.834. The molecule has 0 radical (unpaired) electrons. The zero-order valence-electron chi connectivity index (χ0n) is 15.7. The molecule has 0 saturated carbocycles. The molecule has 2 heterocycles. The first kappa shape index (κ1) is 18.8. The first-order valence-electron chi connectivity index (χ1n) is 8.99. The van der Waals surface area contributed by atoms with E-state index in [1.54, 1.807) is 23.9 Å². The maximum Gasteiger partial charge on any atom is 0.319 e. The van der Waals surface area contributed by atoms with Crippen molar-refractivity contribution in [3.05, 3.63) is 47.8 Å². The van der Waals surface area contributed by atoms with Crippen LogP contribution >= 0.6 is 0 Å². The van der Waals surface area contributed by atoms with Crippen LogP contribution < -0.4 is 10.1 Å². The number of carbonyl (C=O) groups is 2. The van der Waals surface area contributed by atoms with Crippen molar-refractivity contribution < 1.29 is 14.3 Å². The maximum absolute atomic E-state index is 12.1. The molecule has 1 aromatic carbocycles. The average Bonchev–Trinajstić information content (AvgIpc) is 3.08. The minimum atomic E-state index is -0.0821. The summed E-state index contributed by atoms with van der Waals surface area (Å²) in [5.74, 6) is 0.671. The van der Waals surface area contributed by atoms with Gasteiger partial charge >= 0.3 is 6.03 Å². The SMILES string of the molecule is CN(C)C(=O)N1CCn2nc(CNC(=O)CCOc3ccccc3)cc2C1. The molecular formula is C19H25N5O3. The van der Waals surface area contributed by atoms with Crippen molar-refractivity contribution in [2.45, 2.75) is 26.1 Å². The normalized spacial score (nSPS) is 13.0. The molecule has 8 nitrogen and oxygen atoms in total. The second kappa shape index (κ2) is 8.57. The third-order valence-corrected chi connectivity index (χ3v) is 4.31. The Bertz CT molecular complexity index is 788. The van der Waals surface area contributed by atoms with Gasteiger partial charge in [-0.15, -0.1) is 0 Å². The van der Waals surface area contributed by atoms with E-state index in [9.17, 15) is 9.59 Å². The summed E-state index contributed by atoms with van der Waals surface area (Å²) in [5.41, 5.74) is 1.77. The van der Waals surface area contributed by atoms with E-state index in [1.165, 1.54) is 0 Å². The first-order valence-corrected chi connectivity index (χ1v) is 8.99. The molecule has 0 atom stereocenters. The molecule has 1 aromatic heterocycles. The van der Waals surface area contributed by atoms with Gasteiger partial charge in [-0.1, -0.05) is 18.2 Å². The van der Waals surface area contributed by atoms with Crippen LogP contribution in [0.5, 0.6) is 5.75 Å². The summed E-state index contributed by atoms with van der Waals surface area (Å²) in [5, 5.41) is 7.37. The van der Waals surface area contributed by atoms with Gasteiger partial charge in [0.1, 0.15) is 5.75 Å². The van der Waals surface area contributed by atoms with Gasteiger partial charge in [0.05, 0.1) is 44.0 Å². The van der Waals surface area contributed by atoms with Crippen molar-refractivity contribution >= 4 is 11.9 Å². The number of rotatable bonds is 6. The minimum Gasteiger partial charge on any atom is -0.493 e. The van der Waals surface area contributed by atoms with Crippen LogP contribution in [0.25, 0.3) is 0 Å². The van der Waals surface area contributed by atoms with Gasteiger partial charge in [-0.05, 0) is 18.2 Å². The third kappa shape index (κ3) is 4.99. The topological polar surface area (TPSA) is 79.7 Å². The van der Waals surface area contributed by atoms with Gasteiger partial charge < -0.3 is 19.9 Å². The molecule has 27 heavy (non-hydrogen) atoms. The van der Waals surface area contributed by atoms with Gasteiger partial charge in [-0.25, -0.2) is 4.79 Å². The number of hydrogen-bond acceptors (Lipinski definition) is 4. The average molecular weight is 371 g/mol. The monoisotopic (exact) mass is 371 g/mol. The maximum atomic E-state index is 12.1. The van der Waals surface area contributed by atoms with Crippen molar-refractivity contribution in [3.63, 3.8) is 0 Å². The molecule has 0 bridgehead atoms. The van der Waals surface area contributed by atoms with Crippen molar-refractivity contribution in [2.75, 3.05) is 27.2 Å². The van der Waals surface area contributed by atoms with Crippen LogP contribution in [-0.2, 0) is 24.4 Å². The summed E-state index contributed by atoms with van der Waals surface area (Å²) in [6, 6.07) is 11.4. The van der Waals surface area contributed by atoms with Crippen LogP contribution in [0.4, 0.5) is 4.79 Å². The van der Waals surface area contributed by atoms with Crippen molar-refractivity contribution in [1.29, 1.82) is 0 Å². The second-order valence-corrected chi connectivity index (χ2v) is 6.64. The Labute approximate surface area is 158 Å². The molecule has 144 valence electrons. The predicted molar refractivity (Wildman–Crippen MR) is 100 cm³/mol. The highest BCUT2D eigenvalue weighted by molar-refractivity contribution is 5.76. The molecular weight excluding hydrogens is 346 g/mol. The van der Waals surface area contributed by atoms with Gasteiger partial charge in [-0.2, -0.15) is 5.10 Å². The molecule has 0 aliphatic carbocycles. The summed E-state index contributed by atoms with van der Waals surface area (Å²) in [6.07, 6.45) is 0.285. The molecule has 3 amide bonds. The van der Waals surface area contributed by atoms with E-state index in [0.717, 1.165) is 17.1 Å². The number of urea groups is 1. The summed E-state index contributed by atoms with van der Waals surface area (Å²) in [7, 11) is 3.49. The number of hydrogen-bond donors (Lipinski definition) is 1. The number of nitrogens with one attached hydrogen (secondary N) is 1. The van der Waals surface area contributed by atoms with E-state index in [2.05, 4.69) is 10.4 Å². The molecule has 0 spiro atoms. The molecule has 0 unspecified atom stereocenters. The van der Waals surface area contributed by atoms with E-state index >= 15 is 0 Å². The number of benzene rings is 1. The van der Waals surface area contributed by atoms with Crippen LogP contribution in [0.1, 0.15) is 17.8 Å². The molecule has 1 N–H and O–H groups in total. The Balaban J connectivity index is 1.44. The first-order chi connectivity index (χ1) is 13.0. The van der Waals surface area contributed by atoms with Gasteiger partial charge in [0.2, 0.25) is 5.91 Å². The predicted octanol–water partition coefficient (Wildman–Crippen LogP) is 1.47. The van der Waals surface area contributed by atoms with Crippen LogP contribution in [0, 0.1) is 0 Å². The van der Waals surface area contributed by atoms with Gasteiger partial charge in [0.15, 0.2) is 0 Å². The van der Waals surface area contributed by atoms with Gasteiger partial charge in [0, 0.05) is 20.6 Å². The Kier molecular flexibility index (Phi) is 5.95. The zero-order valence-corrected chi connectivity index (χ0v) is 15.7. The second-order valence-electron chi connectivity index (χ2n) is 6.64. The van der Waals surface area contributed by atoms with Crippen molar-refractivity contribution in [2.24, 2.45) is 0 Å². The number of aromatic nitrogens is 2. The van der Waals surface area contributed by atoms with Crippen molar-refractivity contribution in [1.82, 2.24) is 24.9 Å². The lowest BCUT2D eigenvalue weighted by Crippen LogP contribution is -2.43. The molecule has 1 aliphatic heterocycles. The largest absolute Gasteiger partial charge is 0.493 e. The number of para-hydroxylation sites is 1. The molecule has 2 aromatic rings. The van der Waals surface area contributed by atoms with Crippen molar-refractivity contribution in [3.8, 4) is 5.75 Å². The summed E-state index contributed by atoms with van der Waals surface area (Å²) in [6.45, 7) is 2.52.